The van der Waals surface area contributed by atoms with Crippen molar-refractivity contribution in [1.82, 2.24) is 15.0 Å². The Balaban J connectivity index is 2.08. The molecule has 2 heterocycles. The molecule has 0 radical (unpaired) electrons. The van der Waals surface area contributed by atoms with Crippen molar-refractivity contribution in [1.29, 1.82) is 0 Å². The summed E-state index contributed by atoms with van der Waals surface area (Å²) in [6.07, 6.45) is 3.34. The lowest BCUT2D eigenvalue weighted by atomic mass is 10.2. The molecule has 0 spiro atoms. The summed E-state index contributed by atoms with van der Waals surface area (Å²) in [6.45, 7) is 7.06. The summed E-state index contributed by atoms with van der Waals surface area (Å²) >= 11 is 0. The van der Waals surface area contributed by atoms with Crippen molar-refractivity contribution < 1.29 is 9.47 Å². The van der Waals surface area contributed by atoms with Crippen LogP contribution in [-0.2, 0) is 4.74 Å². The Kier molecular flexibility index (Phi) is 5.34. The van der Waals surface area contributed by atoms with Gasteiger partial charge in [0, 0.05) is 19.7 Å². The third-order valence-corrected chi connectivity index (χ3v) is 3.17. The summed E-state index contributed by atoms with van der Waals surface area (Å²) < 4.78 is 11.1. The summed E-state index contributed by atoms with van der Waals surface area (Å²) in [5, 5.41) is 0. The second kappa shape index (κ2) is 7.23. The van der Waals surface area contributed by atoms with E-state index in [2.05, 4.69) is 21.9 Å². The van der Waals surface area contributed by atoms with Crippen molar-refractivity contribution in [3.63, 3.8) is 0 Å². The fraction of sp³-hybridized carbons (Fsp3) is 0.769. The third kappa shape index (κ3) is 3.93. The quantitative estimate of drug-likeness (QED) is 0.804. The van der Waals surface area contributed by atoms with E-state index in [-0.39, 0.29) is 12.1 Å². The number of rotatable bonds is 7. The Morgan fingerprint density at radius 3 is 2.85 bits per heavy atom. The van der Waals surface area contributed by atoms with E-state index in [1.807, 2.05) is 11.8 Å². The van der Waals surface area contributed by atoms with Crippen LogP contribution in [-0.4, -0.2) is 47.4 Å². The molecule has 1 aliphatic heterocycles. The van der Waals surface area contributed by atoms with Crippen molar-refractivity contribution in [3.8, 4) is 6.01 Å². The number of hydrogen-bond acceptors (Lipinski definition) is 7. The van der Waals surface area contributed by atoms with Crippen LogP contribution < -0.4 is 15.4 Å². The molecule has 1 aromatic heterocycles. The van der Waals surface area contributed by atoms with Crippen LogP contribution in [0.3, 0.4) is 0 Å². The number of hydrogen-bond donors (Lipinski definition) is 1. The Morgan fingerprint density at radius 2 is 2.20 bits per heavy atom. The third-order valence-electron chi connectivity index (χ3n) is 3.17. The van der Waals surface area contributed by atoms with Crippen molar-refractivity contribution >= 4 is 11.9 Å². The predicted octanol–water partition coefficient (Wildman–Crippen LogP) is 1.25. The van der Waals surface area contributed by atoms with Crippen molar-refractivity contribution in [2.24, 2.45) is 0 Å². The molecule has 0 bridgehead atoms. The monoisotopic (exact) mass is 281 g/mol. The lowest BCUT2D eigenvalue weighted by molar-refractivity contribution is 0.115. The van der Waals surface area contributed by atoms with Crippen LogP contribution in [0.15, 0.2) is 0 Å². The fourth-order valence-corrected chi connectivity index (χ4v) is 2.15. The highest BCUT2D eigenvalue weighted by atomic mass is 16.5. The Labute approximate surface area is 119 Å². The van der Waals surface area contributed by atoms with E-state index in [0.717, 1.165) is 39.0 Å². The van der Waals surface area contributed by atoms with Gasteiger partial charge in [0.05, 0.1) is 12.7 Å². The van der Waals surface area contributed by atoms with Gasteiger partial charge in [-0.05, 0) is 26.2 Å². The van der Waals surface area contributed by atoms with Gasteiger partial charge in [0.25, 0.3) is 0 Å². The molecule has 7 heteroatoms. The number of nitrogens with two attached hydrogens (primary N) is 1. The van der Waals surface area contributed by atoms with E-state index >= 15 is 0 Å². The van der Waals surface area contributed by atoms with E-state index < -0.39 is 0 Å². The number of ether oxygens (including phenoxy) is 2. The normalized spacial score (nSPS) is 18.2. The van der Waals surface area contributed by atoms with Gasteiger partial charge in [-0.25, -0.2) is 0 Å². The minimum atomic E-state index is 0.187. The zero-order chi connectivity index (χ0) is 14.4. The van der Waals surface area contributed by atoms with Crippen LogP contribution in [0.5, 0.6) is 6.01 Å². The van der Waals surface area contributed by atoms with E-state index in [9.17, 15) is 0 Å². The van der Waals surface area contributed by atoms with Gasteiger partial charge in [0.1, 0.15) is 0 Å². The molecule has 1 saturated heterocycles. The second-order valence-corrected chi connectivity index (χ2v) is 4.80. The molecule has 1 atom stereocenters. The van der Waals surface area contributed by atoms with Gasteiger partial charge < -0.3 is 20.1 Å². The zero-order valence-electron chi connectivity index (χ0n) is 12.2. The average molecular weight is 281 g/mol. The predicted molar refractivity (Wildman–Crippen MR) is 76.9 cm³/mol. The first-order valence-corrected chi connectivity index (χ1v) is 7.23. The molecule has 20 heavy (non-hydrogen) atoms. The first kappa shape index (κ1) is 14.8. The summed E-state index contributed by atoms with van der Waals surface area (Å²) in [5.41, 5.74) is 5.73. The van der Waals surface area contributed by atoms with E-state index in [1.165, 1.54) is 0 Å². The number of aromatic nitrogens is 3. The van der Waals surface area contributed by atoms with Crippen LogP contribution in [0.2, 0.25) is 0 Å². The molecule has 1 fully saturated rings. The molecule has 0 aromatic carbocycles. The van der Waals surface area contributed by atoms with Crippen LogP contribution >= 0.6 is 0 Å². The molecule has 112 valence electrons. The number of anilines is 2. The molecule has 1 unspecified atom stereocenters. The molecular formula is C13H23N5O2. The van der Waals surface area contributed by atoms with Gasteiger partial charge in [-0.2, -0.15) is 15.0 Å². The highest BCUT2D eigenvalue weighted by Crippen LogP contribution is 2.18. The maximum absolute atomic E-state index is 5.73. The van der Waals surface area contributed by atoms with Gasteiger partial charge in [-0.3, -0.25) is 0 Å². The summed E-state index contributed by atoms with van der Waals surface area (Å²) in [4.78, 5) is 14.6. The molecule has 7 nitrogen and oxygen atoms in total. The Morgan fingerprint density at radius 1 is 1.35 bits per heavy atom. The summed E-state index contributed by atoms with van der Waals surface area (Å²) in [6, 6.07) is 0.292. The maximum atomic E-state index is 5.73. The van der Waals surface area contributed by atoms with Crippen molar-refractivity contribution in [2.45, 2.75) is 39.2 Å². The smallest absolute Gasteiger partial charge is 0.323 e. The largest absolute Gasteiger partial charge is 0.463 e. The molecule has 2 rings (SSSR count). The Bertz CT molecular complexity index is 423. The molecule has 0 saturated carbocycles. The van der Waals surface area contributed by atoms with Crippen LogP contribution in [0.25, 0.3) is 0 Å². The fourth-order valence-electron chi connectivity index (χ4n) is 2.15. The minimum absolute atomic E-state index is 0.187. The molecule has 2 N–H and O–H groups in total. The van der Waals surface area contributed by atoms with Gasteiger partial charge in [-0.1, -0.05) is 6.92 Å². The summed E-state index contributed by atoms with van der Waals surface area (Å²) in [5.74, 6) is 0.744. The maximum Gasteiger partial charge on any atom is 0.323 e. The topological polar surface area (TPSA) is 86.4 Å². The zero-order valence-corrected chi connectivity index (χ0v) is 12.2. The van der Waals surface area contributed by atoms with Gasteiger partial charge in [0.15, 0.2) is 0 Å². The number of nitrogen functional groups attached to an aromatic ring is 1. The lowest BCUT2D eigenvalue weighted by Crippen LogP contribution is -2.33. The SMILES string of the molecule is CCCOc1nc(N)nc(N(CC)CC2CCCO2)n1. The van der Waals surface area contributed by atoms with Crippen LogP contribution in [0.4, 0.5) is 11.9 Å². The van der Waals surface area contributed by atoms with E-state index in [1.54, 1.807) is 0 Å². The molecule has 1 aliphatic rings. The summed E-state index contributed by atoms with van der Waals surface area (Å²) in [7, 11) is 0. The van der Waals surface area contributed by atoms with Gasteiger partial charge >= 0.3 is 6.01 Å². The first-order chi connectivity index (χ1) is 9.72. The molecule has 0 aliphatic carbocycles. The van der Waals surface area contributed by atoms with Gasteiger partial charge in [0.2, 0.25) is 11.9 Å². The minimum Gasteiger partial charge on any atom is -0.463 e. The van der Waals surface area contributed by atoms with Crippen LogP contribution in [0.1, 0.15) is 33.1 Å². The van der Waals surface area contributed by atoms with E-state index in [0.29, 0.717) is 18.6 Å². The van der Waals surface area contributed by atoms with E-state index in [4.69, 9.17) is 15.2 Å². The number of nitrogens with zero attached hydrogens (tertiary/aromatic N) is 4. The van der Waals surface area contributed by atoms with Crippen molar-refractivity contribution in [3.05, 3.63) is 0 Å². The molecule has 1 aromatic rings. The standard InChI is InChI=1S/C13H23N5O2/c1-3-7-20-13-16-11(14)15-12(17-13)18(4-2)9-10-6-5-8-19-10/h10H,3-9H2,1-2H3,(H2,14,15,16,17). The highest BCUT2D eigenvalue weighted by Gasteiger charge is 2.21. The first-order valence-electron chi connectivity index (χ1n) is 7.23. The highest BCUT2D eigenvalue weighted by molar-refractivity contribution is 5.36. The average Bonchev–Trinajstić information content (AvgIpc) is 2.95. The molecular weight excluding hydrogens is 258 g/mol. The number of likely N-dealkylation sites (N-methyl/N-ethyl adjacent to an activating group) is 1. The Hall–Kier alpha value is -1.63. The van der Waals surface area contributed by atoms with Gasteiger partial charge in [-0.15, -0.1) is 0 Å². The second-order valence-electron chi connectivity index (χ2n) is 4.80. The van der Waals surface area contributed by atoms with Crippen LogP contribution in [0, 0.1) is 0 Å². The lowest BCUT2D eigenvalue weighted by Gasteiger charge is -2.24. The van der Waals surface area contributed by atoms with Crippen molar-refractivity contribution in [2.75, 3.05) is 36.9 Å². The molecule has 0 amide bonds.